The molecule has 0 bridgehead atoms. The number of nitrogens with one attached hydrogen (secondary N) is 1. The van der Waals surface area contributed by atoms with E-state index in [2.05, 4.69) is 15.5 Å². The van der Waals surface area contributed by atoms with E-state index in [1.54, 1.807) is 49.3 Å². The van der Waals surface area contributed by atoms with Crippen LogP contribution in [0.1, 0.15) is 37.7 Å². The van der Waals surface area contributed by atoms with E-state index in [9.17, 15) is 9.90 Å². The first-order valence-corrected chi connectivity index (χ1v) is 10.3. The third-order valence-electron chi connectivity index (χ3n) is 5.79. The molecule has 8 nitrogen and oxygen atoms in total. The fourth-order valence-electron chi connectivity index (χ4n) is 4.06. The number of imidazole rings is 1. The molecule has 5 rings (SSSR count). The van der Waals surface area contributed by atoms with Crippen molar-refractivity contribution in [1.82, 2.24) is 19.6 Å². The Morgan fingerprint density at radius 3 is 2.60 bits per heavy atom. The van der Waals surface area contributed by atoms with Crippen LogP contribution in [-0.2, 0) is 18.9 Å². The number of aryl methyl sites for hydroxylation is 2. The molecule has 1 atom stereocenters. The zero-order valence-corrected chi connectivity index (χ0v) is 17.3. The smallest absolute Gasteiger partial charge is 0.328 e. The lowest BCUT2D eigenvalue weighted by atomic mass is 9.87. The van der Waals surface area contributed by atoms with Crippen LogP contribution in [0.2, 0.25) is 0 Å². The number of rotatable bonds is 2. The monoisotopic (exact) mass is 409 g/mol. The van der Waals surface area contributed by atoms with E-state index >= 15 is 0 Å². The number of phenolic OH excluding ortho intramolecular Hbond substituents is 1. The predicted octanol–water partition coefficient (Wildman–Crippen LogP) is 2.85. The van der Waals surface area contributed by atoms with E-state index in [4.69, 9.17) is 4.84 Å². The lowest BCUT2D eigenvalue weighted by Crippen LogP contribution is -2.31. The average Bonchev–Trinajstić information content (AvgIpc) is 3.36. The summed E-state index contributed by atoms with van der Waals surface area (Å²) in [4.78, 5) is 25.6. The molecule has 0 radical (unpaired) electrons. The van der Waals surface area contributed by atoms with E-state index in [1.807, 2.05) is 12.1 Å². The molecule has 2 aromatic heterocycles. The first kappa shape index (κ1) is 20.2. The van der Waals surface area contributed by atoms with E-state index in [1.165, 1.54) is 36.7 Å². The van der Waals surface area contributed by atoms with Crippen LogP contribution in [0.25, 0.3) is 11.0 Å². The zero-order chi connectivity index (χ0) is 21.1. The molecule has 0 saturated heterocycles. The molecular formula is C22H27N5O3. The maximum atomic E-state index is 11.4. The van der Waals surface area contributed by atoms with Crippen LogP contribution in [0.4, 0.5) is 0 Å². The van der Waals surface area contributed by atoms with Crippen LogP contribution < -0.4 is 11.2 Å². The number of aromatic nitrogens is 3. The minimum Gasteiger partial charge on any atom is -0.508 e. The molecule has 1 saturated carbocycles. The van der Waals surface area contributed by atoms with E-state index in [0.29, 0.717) is 11.8 Å². The van der Waals surface area contributed by atoms with Gasteiger partial charge in [0.25, 0.3) is 0 Å². The van der Waals surface area contributed by atoms with Gasteiger partial charge in [0.2, 0.25) is 5.90 Å². The van der Waals surface area contributed by atoms with Crippen LogP contribution in [0.3, 0.4) is 0 Å². The highest BCUT2D eigenvalue weighted by molar-refractivity contribution is 5.94. The molecule has 0 spiro atoms. The average molecular weight is 409 g/mol. The summed E-state index contributed by atoms with van der Waals surface area (Å²) >= 11 is 0. The molecule has 1 fully saturated rings. The summed E-state index contributed by atoms with van der Waals surface area (Å²) in [6.45, 7) is 0. The quantitative estimate of drug-likeness (QED) is 0.679. The van der Waals surface area contributed by atoms with Crippen molar-refractivity contribution in [2.24, 2.45) is 25.0 Å². The molecule has 3 heterocycles. The molecule has 1 unspecified atom stereocenters. The lowest BCUT2D eigenvalue weighted by Gasteiger charge is -2.24. The second kappa shape index (κ2) is 8.71. The Morgan fingerprint density at radius 2 is 1.87 bits per heavy atom. The number of nitrogens with zero attached hydrogens (tertiary/aromatic N) is 4. The Kier molecular flexibility index (Phi) is 5.85. The number of fused-ring (bicyclic) bond motifs is 1. The van der Waals surface area contributed by atoms with Crippen molar-refractivity contribution < 1.29 is 9.94 Å². The van der Waals surface area contributed by atoms with Crippen molar-refractivity contribution >= 4 is 16.9 Å². The molecule has 1 aliphatic carbocycles. The van der Waals surface area contributed by atoms with Gasteiger partial charge in [-0.15, -0.1) is 5.48 Å². The summed E-state index contributed by atoms with van der Waals surface area (Å²) in [5, 5.41) is 9.23. The minimum atomic E-state index is -0.0828. The number of benzene rings is 1. The van der Waals surface area contributed by atoms with Gasteiger partial charge in [0.05, 0.1) is 16.6 Å². The number of hydrogen-bond donors (Lipinski definition) is 2. The molecule has 158 valence electrons. The number of hydroxylamine groups is 1. The summed E-state index contributed by atoms with van der Waals surface area (Å²) in [6.07, 6.45) is 10.2. The maximum absolute atomic E-state index is 11.4. The lowest BCUT2D eigenvalue weighted by molar-refractivity contribution is 0.134. The third-order valence-corrected chi connectivity index (χ3v) is 5.79. The third kappa shape index (κ3) is 4.09. The van der Waals surface area contributed by atoms with Gasteiger partial charge in [-0.25, -0.2) is 9.79 Å². The van der Waals surface area contributed by atoms with Crippen molar-refractivity contribution in [2.75, 3.05) is 0 Å². The summed E-state index contributed by atoms with van der Waals surface area (Å²) in [7, 11) is 3.39. The Labute approximate surface area is 174 Å². The van der Waals surface area contributed by atoms with Gasteiger partial charge in [-0.2, -0.15) is 0 Å². The Bertz CT molecular complexity index is 1100. The van der Waals surface area contributed by atoms with Gasteiger partial charge in [0.15, 0.2) is 0 Å². The summed E-state index contributed by atoms with van der Waals surface area (Å²) < 4.78 is 3.06. The summed E-state index contributed by atoms with van der Waals surface area (Å²) in [6, 6.07) is 8.75. The first-order chi connectivity index (χ1) is 14.5. The summed E-state index contributed by atoms with van der Waals surface area (Å²) in [5.74, 6) is 1.47. The number of pyridine rings is 1. The van der Waals surface area contributed by atoms with E-state index < -0.39 is 0 Å². The van der Waals surface area contributed by atoms with Gasteiger partial charge in [0, 0.05) is 32.6 Å². The molecule has 2 N–H and O–H groups in total. The molecule has 1 aromatic carbocycles. The Hall–Kier alpha value is -3.13. The van der Waals surface area contributed by atoms with Gasteiger partial charge in [-0.1, -0.05) is 19.3 Å². The van der Waals surface area contributed by atoms with Crippen LogP contribution >= 0.6 is 0 Å². The fourth-order valence-corrected chi connectivity index (χ4v) is 4.06. The fraction of sp³-hybridized carbons (Fsp3) is 0.409. The van der Waals surface area contributed by atoms with Crippen LogP contribution in [0.15, 0.2) is 52.5 Å². The number of aliphatic imine (C=N–C) groups is 1. The van der Waals surface area contributed by atoms with Gasteiger partial charge in [-0.3, -0.25) is 14.1 Å². The topological polar surface area (TPSA) is 93.7 Å². The van der Waals surface area contributed by atoms with Crippen molar-refractivity contribution in [2.45, 2.75) is 38.3 Å². The maximum Gasteiger partial charge on any atom is 0.328 e. The van der Waals surface area contributed by atoms with Crippen LogP contribution in [0, 0.1) is 5.92 Å². The highest BCUT2D eigenvalue weighted by Gasteiger charge is 2.29. The molecule has 8 heteroatoms. The second-order valence-electron chi connectivity index (χ2n) is 7.81. The van der Waals surface area contributed by atoms with Gasteiger partial charge in [0.1, 0.15) is 11.9 Å². The van der Waals surface area contributed by atoms with Crippen LogP contribution in [0.5, 0.6) is 5.75 Å². The molecular weight excluding hydrogens is 382 g/mol. The highest BCUT2D eigenvalue weighted by Crippen LogP contribution is 2.28. The first-order valence-electron chi connectivity index (χ1n) is 10.3. The predicted molar refractivity (Wildman–Crippen MR) is 115 cm³/mol. The number of phenols is 1. The highest BCUT2D eigenvalue weighted by atomic mass is 16.7. The standard InChI is InChI=1S/C13H17N3O.C9H10N2O2/c1-2-5-10(6-3-1)12-15-13(17-16-12)11-7-4-8-14-9-11;1-10-7-4-3-6(12)5-8(7)11(2)9(10)13/h4,7-10,12,16H,1-3,5-6H2;3-5,12H,1-2H3. The molecule has 3 aromatic rings. The van der Waals surface area contributed by atoms with Crippen LogP contribution in [-0.4, -0.2) is 31.3 Å². The molecule has 1 aliphatic heterocycles. The number of hydrogen-bond acceptors (Lipinski definition) is 6. The largest absolute Gasteiger partial charge is 0.508 e. The van der Waals surface area contributed by atoms with Crippen molar-refractivity contribution in [1.29, 1.82) is 0 Å². The Balaban J connectivity index is 0.000000151. The van der Waals surface area contributed by atoms with E-state index in [0.717, 1.165) is 16.6 Å². The zero-order valence-electron chi connectivity index (χ0n) is 17.3. The van der Waals surface area contributed by atoms with E-state index in [-0.39, 0.29) is 17.6 Å². The summed E-state index contributed by atoms with van der Waals surface area (Å²) in [5.41, 5.74) is 5.47. The molecule has 0 amide bonds. The van der Waals surface area contributed by atoms with Gasteiger partial charge in [-0.05, 0) is 43.0 Å². The Morgan fingerprint density at radius 1 is 1.10 bits per heavy atom. The van der Waals surface area contributed by atoms with Gasteiger partial charge < -0.3 is 9.94 Å². The van der Waals surface area contributed by atoms with Crippen molar-refractivity contribution in [3.05, 3.63) is 58.8 Å². The minimum absolute atomic E-state index is 0.0828. The normalized spacial score (nSPS) is 19.1. The van der Waals surface area contributed by atoms with Crippen molar-refractivity contribution in [3.63, 3.8) is 0 Å². The number of aromatic hydroxyl groups is 1. The van der Waals surface area contributed by atoms with Crippen molar-refractivity contribution in [3.8, 4) is 5.75 Å². The SMILES string of the molecule is Cn1c(=O)n(C)c2cc(O)ccc21.c1cncc(C2=NC(C3CCCCC3)NO2)c1. The van der Waals surface area contributed by atoms with Gasteiger partial charge >= 0.3 is 5.69 Å². The molecule has 30 heavy (non-hydrogen) atoms. The second-order valence-corrected chi connectivity index (χ2v) is 7.81. The molecule has 2 aliphatic rings.